The monoisotopic (exact) mass is 304 g/mol. The Bertz CT molecular complexity index is 684. The second kappa shape index (κ2) is 6.06. The van der Waals surface area contributed by atoms with Gasteiger partial charge in [-0.05, 0) is 36.8 Å². The van der Waals surface area contributed by atoms with Crippen molar-refractivity contribution in [1.29, 1.82) is 0 Å². The predicted molar refractivity (Wildman–Crippen MR) is 85.1 cm³/mol. The lowest BCUT2D eigenvalue weighted by Gasteiger charge is -2.16. The van der Waals surface area contributed by atoms with Crippen LogP contribution in [-0.4, -0.2) is 24.9 Å². The number of amides is 1. The molecule has 4 nitrogen and oxygen atoms in total. The van der Waals surface area contributed by atoms with Crippen LogP contribution in [-0.2, 0) is 0 Å². The van der Waals surface area contributed by atoms with E-state index < -0.39 is 0 Å². The summed E-state index contributed by atoms with van der Waals surface area (Å²) in [4.78, 5) is 13.7. The van der Waals surface area contributed by atoms with E-state index in [4.69, 9.17) is 22.1 Å². The van der Waals surface area contributed by atoms with Gasteiger partial charge < -0.3 is 15.4 Å². The maximum absolute atomic E-state index is 12.2. The molecule has 0 aliphatic heterocycles. The quantitative estimate of drug-likeness (QED) is 0.879. The van der Waals surface area contributed by atoms with Gasteiger partial charge in [0.15, 0.2) is 0 Å². The van der Waals surface area contributed by atoms with Gasteiger partial charge in [-0.2, -0.15) is 0 Å². The normalized spacial score (nSPS) is 10.3. The molecule has 5 heteroatoms. The number of carbonyl (C=O) groups is 1. The number of nitrogens with two attached hydrogens (primary N) is 1. The first-order valence-electron chi connectivity index (χ1n) is 6.43. The molecule has 0 fully saturated rings. The van der Waals surface area contributed by atoms with Gasteiger partial charge in [-0.15, -0.1) is 0 Å². The highest BCUT2D eigenvalue weighted by molar-refractivity contribution is 6.32. The molecular weight excluding hydrogens is 288 g/mol. The molecule has 21 heavy (non-hydrogen) atoms. The molecule has 110 valence electrons. The lowest BCUT2D eigenvalue weighted by Crippen LogP contribution is -2.22. The molecular formula is C16H17ClN2O2. The van der Waals surface area contributed by atoms with Crippen molar-refractivity contribution < 1.29 is 9.53 Å². The fourth-order valence-electron chi connectivity index (χ4n) is 1.85. The average molecular weight is 305 g/mol. The molecule has 2 aromatic rings. The number of anilines is 1. The fraction of sp³-hybridized carbons (Fsp3) is 0.188. The van der Waals surface area contributed by atoms with E-state index in [9.17, 15) is 4.79 Å². The molecule has 0 radical (unpaired) electrons. The molecule has 0 bridgehead atoms. The van der Waals surface area contributed by atoms with Gasteiger partial charge in [-0.3, -0.25) is 4.79 Å². The smallest absolute Gasteiger partial charge is 0.257 e. The van der Waals surface area contributed by atoms with Gasteiger partial charge in [0.2, 0.25) is 0 Å². The maximum Gasteiger partial charge on any atom is 0.257 e. The van der Waals surface area contributed by atoms with E-state index in [1.807, 2.05) is 19.1 Å². The van der Waals surface area contributed by atoms with E-state index in [1.165, 1.54) is 4.90 Å². The summed E-state index contributed by atoms with van der Waals surface area (Å²) in [6.07, 6.45) is 0. The van der Waals surface area contributed by atoms with Crippen LogP contribution in [0.2, 0.25) is 5.02 Å². The molecule has 0 aliphatic rings. The number of aryl methyl sites for hydroxylation is 1. The molecule has 2 aromatic carbocycles. The van der Waals surface area contributed by atoms with E-state index in [-0.39, 0.29) is 5.91 Å². The number of ether oxygens (including phenoxy) is 1. The van der Waals surface area contributed by atoms with Crippen LogP contribution in [0.4, 0.5) is 5.69 Å². The van der Waals surface area contributed by atoms with Crippen LogP contribution in [0, 0.1) is 6.92 Å². The third-order valence-corrected chi connectivity index (χ3v) is 3.26. The molecule has 0 aromatic heterocycles. The van der Waals surface area contributed by atoms with Crippen LogP contribution in [0.5, 0.6) is 11.5 Å². The van der Waals surface area contributed by atoms with Crippen LogP contribution >= 0.6 is 11.6 Å². The van der Waals surface area contributed by atoms with Crippen molar-refractivity contribution in [2.45, 2.75) is 6.92 Å². The second-order valence-corrected chi connectivity index (χ2v) is 5.40. The molecule has 0 saturated carbocycles. The first-order valence-corrected chi connectivity index (χ1v) is 6.81. The number of hydrogen-bond donors (Lipinski definition) is 1. The van der Waals surface area contributed by atoms with Crippen molar-refractivity contribution in [3.8, 4) is 11.5 Å². The van der Waals surface area contributed by atoms with Crippen LogP contribution in [0.1, 0.15) is 15.9 Å². The lowest BCUT2D eigenvalue weighted by molar-refractivity contribution is 0.0825. The maximum atomic E-state index is 12.2. The van der Waals surface area contributed by atoms with Crippen LogP contribution in [0.25, 0.3) is 0 Å². The number of halogens is 1. The SMILES string of the molecule is Cc1ccc(Cl)c(Oc2cc(N)ccc2C(=O)N(C)C)c1. The first kappa shape index (κ1) is 15.2. The Morgan fingerprint density at radius 1 is 1.14 bits per heavy atom. The standard InChI is InChI=1S/C16H17ClN2O2/c1-10-4-7-13(17)15(8-10)21-14-9-11(18)5-6-12(14)16(20)19(2)3/h4-9H,18H2,1-3H3. The molecule has 2 rings (SSSR count). The molecule has 0 atom stereocenters. The molecule has 0 spiro atoms. The zero-order valence-electron chi connectivity index (χ0n) is 12.2. The zero-order valence-corrected chi connectivity index (χ0v) is 12.9. The van der Waals surface area contributed by atoms with Gasteiger partial charge in [0, 0.05) is 25.8 Å². The molecule has 0 saturated heterocycles. The molecule has 2 N–H and O–H groups in total. The van der Waals surface area contributed by atoms with E-state index in [0.717, 1.165) is 5.56 Å². The average Bonchev–Trinajstić information content (AvgIpc) is 2.42. The van der Waals surface area contributed by atoms with Crippen molar-refractivity contribution in [2.75, 3.05) is 19.8 Å². The number of hydrogen-bond acceptors (Lipinski definition) is 3. The fourth-order valence-corrected chi connectivity index (χ4v) is 2.00. The first-order chi connectivity index (χ1) is 9.88. The summed E-state index contributed by atoms with van der Waals surface area (Å²) in [5, 5.41) is 0.478. The van der Waals surface area contributed by atoms with Gasteiger partial charge in [-0.1, -0.05) is 17.7 Å². The van der Waals surface area contributed by atoms with Gasteiger partial charge >= 0.3 is 0 Å². The Morgan fingerprint density at radius 2 is 1.86 bits per heavy atom. The summed E-state index contributed by atoms with van der Waals surface area (Å²) in [7, 11) is 3.37. The third-order valence-electron chi connectivity index (χ3n) is 2.95. The minimum absolute atomic E-state index is 0.159. The van der Waals surface area contributed by atoms with Crippen molar-refractivity contribution in [2.24, 2.45) is 0 Å². The van der Waals surface area contributed by atoms with Gasteiger partial charge in [0.1, 0.15) is 11.5 Å². The van der Waals surface area contributed by atoms with Gasteiger partial charge in [-0.25, -0.2) is 0 Å². The van der Waals surface area contributed by atoms with E-state index in [0.29, 0.717) is 27.8 Å². The number of nitrogens with zero attached hydrogens (tertiary/aromatic N) is 1. The van der Waals surface area contributed by atoms with E-state index in [2.05, 4.69) is 0 Å². The second-order valence-electron chi connectivity index (χ2n) is 4.99. The van der Waals surface area contributed by atoms with Crippen molar-refractivity contribution in [1.82, 2.24) is 4.90 Å². The summed E-state index contributed by atoms with van der Waals surface area (Å²) in [5.74, 6) is 0.727. The third kappa shape index (κ3) is 3.47. The predicted octanol–water partition coefficient (Wildman–Crippen LogP) is 3.72. The minimum Gasteiger partial charge on any atom is -0.455 e. The number of rotatable bonds is 3. The van der Waals surface area contributed by atoms with Crippen LogP contribution in [0.3, 0.4) is 0 Å². The molecule has 0 heterocycles. The Labute approximate surface area is 129 Å². The Balaban J connectivity index is 2.45. The molecule has 0 aliphatic carbocycles. The Kier molecular flexibility index (Phi) is 4.38. The summed E-state index contributed by atoms with van der Waals surface area (Å²) in [5.41, 5.74) is 7.75. The summed E-state index contributed by atoms with van der Waals surface area (Å²) < 4.78 is 5.81. The highest BCUT2D eigenvalue weighted by atomic mass is 35.5. The van der Waals surface area contributed by atoms with Gasteiger partial charge in [0.25, 0.3) is 5.91 Å². The van der Waals surface area contributed by atoms with Crippen LogP contribution in [0.15, 0.2) is 36.4 Å². The largest absolute Gasteiger partial charge is 0.455 e. The lowest BCUT2D eigenvalue weighted by atomic mass is 10.1. The topological polar surface area (TPSA) is 55.6 Å². The number of benzene rings is 2. The van der Waals surface area contributed by atoms with Crippen molar-refractivity contribution in [3.05, 3.63) is 52.5 Å². The molecule has 0 unspecified atom stereocenters. The highest BCUT2D eigenvalue weighted by Crippen LogP contribution is 2.33. The number of nitrogen functional groups attached to an aromatic ring is 1. The summed E-state index contributed by atoms with van der Waals surface area (Å²) in [6.45, 7) is 1.94. The summed E-state index contributed by atoms with van der Waals surface area (Å²) in [6, 6.07) is 10.4. The van der Waals surface area contributed by atoms with Gasteiger partial charge in [0.05, 0.1) is 10.6 Å². The highest BCUT2D eigenvalue weighted by Gasteiger charge is 2.16. The molecule has 1 amide bonds. The van der Waals surface area contributed by atoms with E-state index >= 15 is 0 Å². The summed E-state index contributed by atoms with van der Waals surface area (Å²) >= 11 is 6.13. The van der Waals surface area contributed by atoms with Crippen molar-refractivity contribution >= 4 is 23.2 Å². The number of carbonyl (C=O) groups excluding carboxylic acids is 1. The van der Waals surface area contributed by atoms with E-state index in [1.54, 1.807) is 38.4 Å². The Morgan fingerprint density at radius 3 is 2.52 bits per heavy atom. The zero-order chi connectivity index (χ0) is 15.6. The Hall–Kier alpha value is -2.20. The minimum atomic E-state index is -0.159. The van der Waals surface area contributed by atoms with Crippen molar-refractivity contribution in [3.63, 3.8) is 0 Å². The van der Waals surface area contributed by atoms with Crippen LogP contribution < -0.4 is 10.5 Å².